The first-order chi connectivity index (χ1) is 11.6. The largest absolute Gasteiger partial charge is 0.383 e. The van der Waals surface area contributed by atoms with Gasteiger partial charge in [-0.25, -0.2) is 4.98 Å². The molecule has 0 saturated heterocycles. The number of rotatable bonds is 5. The average Bonchev–Trinajstić information content (AvgIpc) is 2.98. The number of fused-ring (bicyclic) bond motifs is 1. The van der Waals surface area contributed by atoms with E-state index in [0.717, 1.165) is 16.7 Å². The molecule has 0 spiro atoms. The second kappa shape index (κ2) is 6.84. The molecule has 0 aliphatic heterocycles. The second-order valence-electron chi connectivity index (χ2n) is 5.86. The van der Waals surface area contributed by atoms with Crippen LogP contribution in [0.15, 0.2) is 42.7 Å². The van der Waals surface area contributed by atoms with Gasteiger partial charge >= 0.3 is 0 Å². The highest BCUT2D eigenvalue weighted by Gasteiger charge is 2.11. The first-order valence-electron chi connectivity index (χ1n) is 7.92. The highest BCUT2D eigenvalue weighted by molar-refractivity contribution is 5.97. The SMILES string of the molecule is COCCNC(=O)c1ccc2c(c1)ncn2-c1ccc(C)cc1C. The predicted octanol–water partition coefficient (Wildman–Crippen LogP) is 3.02. The van der Waals surface area contributed by atoms with Gasteiger partial charge in [-0.05, 0) is 43.7 Å². The number of amides is 1. The van der Waals surface area contributed by atoms with Gasteiger partial charge in [0.2, 0.25) is 0 Å². The fourth-order valence-electron chi connectivity index (χ4n) is 2.79. The third kappa shape index (κ3) is 3.16. The van der Waals surface area contributed by atoms with Crippen LogP contribution in [0.3, 0.4) is 0 Å². The van der Waals surface area contributed by atoms with Gasteiger partial charge < -0.3 is 10.1 Å². The summed E-state index contributed by atoms with van der Waals surface area (Å²) in [5.74, 6) is -0.116. The summed E-state index contributed by atoms with van der Waals surface area (Å²) in [7, 11) is 1.61. The standard InChI is InChI=1S/C19H21N3O2/c1-13-4-6-17(14(2)10-13)22-12-21-16-11-15(5-7-18(16)22)19(23)20-8-9-24-3/h4-7,10-12H,8-9H2,1-3H3,(H,20,23). The topological polar surface area (TPSA) is 56.1 Å². The van der Waals surface area contributed by atoms with Gasteiger partial charge in [0.25, 0.3) is 5.91 Å². The number of imidazole rings is 1. The van der Waals surface area contributed by atoms with Crippen LogP contribution in [0.2, 0.25) is 0 Å². The highest BCUT2D eigenvalue weighted by atomic mass is 16.5. The van der Waals surface area contributed by atoms with E-state index in [1.165, 1.54) is 11.1 Å². The molecular weight excluding hydrogens is 302 g/mol. The third-order valence-corrected chi connectivity index (χ3v) is 4.01. The predicted molar refractivity (Wildman–Crippen MR) is 94.8 cm³/mol. The van der Waals surface area contributed by atoms with Crippen molar-refractivity contribution in [1.29, 1.82) is 0 Å². The van der Waals surface area contributed by atoms with Crippen molar-refractivity contribution in [1.82, 2.24) is 14.9 Å². The summed E-state index contributed by atoms with van der Waals surface area (Å²) in [4.78, 5) is 16.6. The smallest absolute Gasteiger partial charge is 0.251 e. The fraction of sp³-hybridized carbons (Fsp3) is 0.263. The van der Waals surface area contributed by atoms with Gasteiger partial charge in [0.15, 0.2) is 0 Å². The Morgan fingerprint density at radius 3 is 2.79 bits per heavy atom. The molecule has 1 amide bonds. The molecule has 3 aromatic rings. The molecule has 1 heterocycles. The molecule has 24 heavy (non-hydrogen) atoms. The molecule has 0 unspecified atom stereocenters. The summed E-state index contributed by atoms with van der Waals surface area (Å²) in [5, 5.41) is 2.82. The van der Waals surface area contributed by atoms with Crippen LogP contribution in [0, 0.1) is 13.8 Å². The molecule has 5 heteroatoms. The van der Waals surface area contributed by atoms with Crippen molar-refractivity contribution in [3.8, 4) is 5.69 Å². The summed E-state index contributed by atoms with van der Waals surface area (Å²) < 4.78 is 6.99. The monoisotopic (exact) mass is 323 g/mol. The number of carbonyl (C=O) groups excluding carboxylic acids is 1. The summed E-state index contributed by atoms with van der Waals surface area (Å²) in [6.07, 6.45) is 1.80. The molecule has 124 valence electrons. The van der Waals surface area contributed by atoms with Crippen molar-refractivity contribution in [2.75, 3.05) is 20.3 Å². The number of ether oxygens (including phenoxy) is 1. The lowest BCUT2D eigenvalue weighted by atomic mass is 10.1. The van der Waals surface area contributed by atoms with Gasteiger partial charge in [0, 0.05) is 19.2 Å². The van der Waals surface area contributed by atoms with E-state index in [2.05, 4.69) is 46.9 Å². The van der Waals surface area contributed by atoms with Crippen LogP contribution in [0.25, 0.3) is 16.7 Å². The van der Waals surface area contributed by atoms with E-state index in [0.29, 0.717) is 18.7 Å². The Kier molecular flexibility index (Phi) is 4.62. The zero-order valence-electron chi connectivity index (χ0n) is 14.2. The van der Waals surface area contributed by atoms with E-state index >= 15 is 0 Å². The van der Waals surface area contributed by atoms with Crippen molar-refractivity contribution in [2.45, 2.75) is 13.8 Å². The molecule has 1 N–H and O–H groups in total. The molecule has 0 radical (unpaired) electrons. The van der Waals surface area contributed by atoms with E-state index in [-0.39, 0.29) is 5.91 Å². The zero-order chi connectivity index (χ0) is 17.1. The summed E-state index contributed by atoms with van der Waals surface area (Å²) in [5.41, 5.74) is 5.90. The Balaban J connectivity index is 1.92. The van der Waals surface area contributed by atoms with E-state index in [1.807, 2.05) is 18.2 Å². The van der Waals surface area contributed by atoms with Gasteiger partial charge in [-0.15, -0.1) is 0 Å². The number of nitrogens with one attached hydrogen (secondary N) is 1. The first kappa shape index (κ1) is 16.2. The highest BCUT2D eigenvalue weighted by Crippen LogP contribution is 2.22. The summed E-state index contributed by atoms with van der Waals surface area (Å²) in [6, 6.07) is 11.9. The van der Waals surface area contributed by atoms with Crippen molar-refractivity contribution in [3.05, 3.63) is 59.4 Å². The Bertz CT molecular complexity index is 883. The van der Waals surface area contributed by atoms with Crippen molar-refractivity contribution in [2.24, 2.45) is 0 Å². The minimum absolute atomic E-state index is 0.116. The number of aryl methyl sites for hydroxylation is 2. The first-order valence-corrected chi connectivity index (χ1v) is 7.92. The lowest BCUT2D eigenvalue weighted by molar-refractivity contribution is 0.0937. The molecule has 0 fully saturated rings. The molecule has 1 aromatic heterocycles. The third-order valence-electron chi connectivity index (χ3n) is 4.01. The number of carbonyl (C=O) groups is 1. The van der Waals surface area contributed by atoms with Gasteiger partial charge in [-0.2, -0.15) is 0 Å². The Labute approximate surface area is 141 Å². The minimum Gasteiger partial charge on any atom is -0.383 e. The van der Waals surface area contributed by atoms with Gasteiger partial charge in [-0.1, -0.05) is 17.7 Å². The molecule has 0 aliphatic carbocycles. The van der Waals surface area contributed by atoms with Crippen LogP contribution in [-0.2, 0) is 4.74 Å². The van der Waals surface area contributed by atoms with E-state index in [4.69, 9.17) is 4.74 Å². The quantitative estimate of drug-likeness (QED) is 0.734. The number of methoxy groups -OCH3 is 1. The van der Waals surface area contributed by atoms with Crippen LogP contribution in [0.1, 0.15) is 21.5 Å². The van der Waals surface area contributed by atoms with Crippen molar-refractivity contribution >= 4 is 16.9 Å². The Hall–Kier alpha value is -2.66. The van der Waals surface area contributed by atoms with Crippen LogP contribution >= 0.6 is 0 Å². The fourth-order valence-corrected chi connectivity index (χ4v) is 2.79. The molecule has 3 rings (SSSR count). The van der Waals surface area contributed by atoms with Gasteiger partial charge in [0.05, 0.1) is 23.3 Å². The Morgan fingerprint density at radius 1 is 1.21 bits per heavy atom. The summed E-state index contributed by atoms with van der Waals surface area (Å²) in [6.45, 7) is 5.16. The molecule has 0 atom stereocenters. The number of aromatic nitrogens is 2. The van der Waals surface area contributed by atoms with Crippen LogP contribution < -0.4 is 5.32 Å². The maximum atomic E-state index is 12.1. The lowest BCUT2D eigenvalue weighted by Gasteiger charge is -2.09. The maximum Gasteiger partial charge on any atom is 0.251 e. The molecule has 0 aliphatic rings. The number of benzene rings is 2. The maximum absolute atomic E-state index is 12.1. The van der Waals surface area contributed by atoms with Crippen molar-refractivity contribution < 1.29 is 9.53 Å². The zero-order valence-corrected chi connectivity index (χ0v) is 14.2. The van der Waals surface area contributed by atoms with Gasteiger partial charge in [0.1, 0.15) is 6.33 Å². The molecule has 0 bridgehead atoms. The van der Waals surface area contributed by atoms with Crippen LogP contribution in [0.5, 0.6) is 0 Å². The van der Waals surface area contributed by atoms with Crippen LogP contribution in [-0.4, -0.2) is 35.7 Å². The van der Waals surface area contributed by atoms with E-state index < -0.39 is 0 Å². The lowest BCUT2D eigenvalue weighted by Crippen LogP contribution is -2.26. The molecule has 2 aromatic carbocycles. The number of hydrogen-bond acceptors (Lipinski definition) is 3. The molecule has 0 saturated carbocycles. The van der Waals surface area contributed by atoms with E-state index in [9.17, 15) is 4.79 Å². The second-order valence-corrected chi connectivity index (χ2v) is 5.86. The van der Waals surface area contributed by atoms with E-state index in [1.54, 1.807) is 13.4 Å². The molecular formula is C19H21N3O2. The average molecular weight is 323 g/mol. The Morgan fingerprint density at radius 2 is 2.04 bits per heavy atom. The summed E-state index contributed by atoms with van der Waals surface area (Å²) >= 11 is 0. The number of hydrogen-bond donors (Lipinski definition) is 1. The normalized spacial score (nSPS) is 11.0. The molecule has 5 nitrogen and oxygen atoms in total. The number of nitrogens with zero attached hydrogens (tertiary/aromatic N) is 2. The van der Waals surface area contributed by atoms with Crippen molar-refractivity contribution in [3.63, 3.8) is 0 Å². The van der Waals surface area contributed by atoms with Gasteiger partial charge in [-0.3, -0.25) is 9.36 Å². The van der Waals surface area contributed by atoms with Crippen LogP contribution in [0.4, 0.5) is 0 Å². The minimum atomic E-state index is -0.116.